The molecule has 1 aromatic carbocycles. The summed E-state index contributed by atoms with van der Waals surface area (Å²) >= 11 is 0. The lowest BCUT2D eigenvalue weighted by atomic mass is 9.85. The minimum atomic E-state index is 0.710. The number of hydrogen-bond acceptors (Lipinski definition) is 2. The topological polar surface area (TPSA) is 15.3 Å². The molecule has 0 aromatic heterocycles. The van der Waals surface area contributed by atoms with Crippen LogP contribution in [-0.4, -0.2) is 30.6 Å². The third-order valence-electron chi connectivity index (χ3n) is 4.92. The first-order chi connectivity index (χ1) is 9.90. The molecule has 1 heterocycles. The molecule has 1 atom stereocenters. The Bertz CT molecular complexity index is 386. The standard InChI is InChI=1S/C18H28N2/c1-2-7-17(8-3-1)14-20-12-5-4-11-18(15-20)19-13-16-9-6-10-16/h1-3,7-8,16,18-19H,4-6,9-15H2. The molecule has 2 heteroatoms. The number of hydrogen-bond donors (Lipinski definition) is 1. The van der Waals surface area contributed by atoms with Gasteiger partial charge in [-0.05, 0) is 50.3 Å². The van der Waals surface area contributed by atoms with Crippen LogP contribution in [-0.2, 0) is 6.54 Å². The summed E-state index contributed by atoms with van der Waals surface area (Å²) in [6.45, 7) is 4.85. The molecule has 20 heavy (non-hydrogen) atoms. The van der Waals surface area contributed by atoms with E-state index < -0.39 is 0 Å². The summed E-state index contributed by atoms with van der Waals surface area (Å²) in [5, 5.41) is 3.84. The van der Waals surface area contributed by atoms with Gasteiger partial charge in [0.05, 0.1) is 0 Å². The first-order valence-corrected chi connectivity index (χ1v) is 8.40. The molecule has 2 nitrogen and oxygen atoms in total. The van der Waals surface area contributed by atoms with Crippen molar-refractivity contribution in [2.24, 2.45) is 5.92 Å². The molecule has 0 bridgehead atoms. The monoisotopic (exact) mass is 272 g/mol. The molecule has 3 rings (SSSR count). The lowest BCUT2D eigenvalue weighted by Crippen LogP contribution is -2.42. The molecule has 1 N–H and O–H groups in total. The molecule has 2 fully saturated rings. The Morgan fingerprint density at radius 1 is 1.00 bits per heavy atom. The van der Waals surface area contributed by atoms with E-state index in [2.05, 4.69) is 40.5 Å². The number of rotatable bonds is 5. The van der Waals surface area contributed by atoms with Crippen LogP contribution in [0.25, 0.3) is 0 Å². The van der Waals surface area contributed by atoms with Crippen molar-refractivity contribution in [1.29, 1.82) is 0 Å². The summed E-state index contributed by atoms with van der Waals surface area (Å²) in [4.78, 5) is 2.64. The first-order valence-electron chi connectivity index (χ1n) is 8.40. The zero-order valence-corrected chi connectivity index (χ0v) is 12.6. The van der Waals surface area contributed by atoms with Crippen molar-refractivity contribution in [2.45, 2.75) is 51.1 Å². The molecule has 1 saturated heterocycles. The van der Waals surface area contributed by atoms with Crippen LogP contribution in [0, 0.1) is 5.92 Å². The molecular formula is C18H28N2. The molecule has 0 amide bonds. The first kappa shape index (κ1) is 14.1. The maximum Gasteiger partial charge on any atom is 0.0234 e. The maximum absolute atomic E-state index is 3.84. The minimum absolute atomic E-state index is 0.710. The molecule has 0 radical (unpaired) electrons. The van der Waals surface area contributed by atoms with Crippen LogP contribution in [0.3, 0.4) is 0 Å². The fourth-order valence-electron chi connectivity index (χ4n) is 3.40. The summed E-state index contributed by atoms with van der Waals surface area (Å²) in [6, 6.07) is 11.6. The molecular weight excluding hydrogens is 244 g/mol. The van der Waals surface area contributed by atoms with Gasteiger partial charge >= 0.3 is 0 Å². The highest BCUT2D eigenvalue weighted by Crippen LogP contribution is 2.25. The van der Waals surface area contributed by atoms with E-state index in [1.165, 1.54) is 63.7 Å². The normalized spacial score (nSPS) is 25.1. The molecule has 2 aliphatic rings. The highest BCUT2D eigenvalue weighted by molar-refractivity contribution is 5.14. The average Bonchev–Trinajstić information content (AvgIpc) is 2.64. The van der Waals surface area contributed by atoms with E-state index in [0.717, 1.165) is 12.5 Å². The summed E-state index contributed by atoms with van der Waals surface area (Å²) in [6.07, 6.45) is 8.46. The predicted octanol–water partition coefficient (Wildman–Crippen LogP) is 3.43. The van der Waals surface area contributed by atoms with Gasteiger partial charge in [0.1, 0.15) is 0 Å². The second-order valence-corrected chi connectivity index (χ2v) is 6.62. The van der Waals surface area contributed by atoms with Crippen LogP contribution in [0.15, 0.2) is 30.3 Å². The molecule has 110 valence electrons. The molecule has 1 aliphatic carbocycles. The minimum Gasteiger partial charge on any atom is -0.312 e. The Labute approximate surface area is 123 Å². The third kappa shape index (κ3) is 4.07. The number of likely N-dealkylation sites (tertiary alicyclic amines) is 1. The van der Waals surface area contributed by atoms with E-state index in [1.807, 2.05) is 0 Å². The highest BCUT2D eigenvalue weighted by Gasteiger charge is 2.21. The number of nitrogens with one attached hydrogen (secondary N) is 1. The van der Waals surface area contributed by atoms with Gasteiger partial charge in [0.25, 0.3) is 0 Å². The second-order valence-electron chi connectivity index (χ2n) is 6.62. The van der Waals surface area contributed by atoms with Crippen LogP contribution in [0.1, 0.15) is 44.1 Å². The van der Waals surface area contributed by atoms with E-state index in [1.54, 1.807) is 0 Å². The molecule has 1 aliphatic heterocycles. The summed E-state index contributed by atoms with van der Waals surface area (Å²) in [5.41, 5.74) is 1.45. The molecule has 1 aromatic rings. The quantitative estimate of drug-likeness (QED) is 0.883. The Morgan fingerprint density at radius 3 is 2.60 bits per heavy atom. The van der Waals surface area contributed by atoms with Crippen LogP contribution < -0.4 is 5.32 Å². The van der Waals surface area contributed by atoms with E-state index in [0.29, 0.717) is 6.04 Å². The van der Waals surface area contributed by atoms with Gasteiger partial charge in [0.15, 0.2) is 0 Å². The zero-order chi connectivity index (χ0) is 13.6. The van der Waals surface area contributed by atoms with Crippen molar-refractivity contribution < 1.29 is 0 Å². The third-order valence-corrected chi connectivity index (χ3v) is 4.92. The van der Waals surface area contributed by atoms with Crippen molar-refractivity contribution in [3.05, 3.63) is 35.9 Å². The average molecular weight is 272 g/mol. The lowest BCUT2D eigenvalue weighted by molar-refractivity contribution is 0.232. The maximum atomic E-state index is 3.84. The van der Waals surface area contributed by atoms with Gasteiger partial charge in [-0.1, -0.05) is 43.2 Å². The zero-order valence-electron chi connectivity index (χ0n) is 12.6. The smallest absolute Gasteiger partial charge is 0.0234 e. The lowest BCUT2D eigenvalue weighted by Gasteiger charge is -2.30. The highest BCUT2D eigenvalue weighted by atomic mass is 15.2. The van der Waals surface area contributed by atoms with Gasteiger partial charge in [0.2, 0.25) is 0 Å². The summed E-state index contributed by atoms with van der Waals surface area (Å²) in [5.74, 6) is 0.973. The van der Waals surface area contributed by atoms with E-state index in [9.17, 15) is 0 Å². The van der Waals surface area contributed by atoms with Crippen LogP contribution in [0.4, 0.5) is 0 Å². The van der Waals surface area contributed by atoms with Crippen molar-refractivity contribution >= 4 is 0 Å². The Morgan fingerprint density at radius 2 is 1.85 bits per heavy atom. The van der Waals surface area contributed by atoms with E-state index in [4.69, 9.17) is 0 Å². The van der Waals surface area contributed by atoms with Gasteiger partial charge < -0.3 is 5.32 Å². The Balaban J connectivity index is 1.49. The fraction of sp³-hybridized carbons (Fsp3) is 0.667. The predicted molar refractivity (Wildman–Crippen MR) is 84.7 cm³/mol. The van der Waals surface area contributed by atoms with Crippen molar-refractivity contribution in [3.63, 3.8) is 0 Å². The fourth-order valence-corrected chi connectivity index (χ4v) is 3.40. The summed E-state index contributed by atoms with van der Waals surface area (Å²) in [7, 11) is 0. The van der Waals surface area contributed by atoms with Gasteiger partial charge in [-0.25, -0.2) is 0 Å². The van der Waals surface area contributed by atoms with Crippen LogP contribution in [0.2, 0.25) is 0 Å². The summed E-state index contributed by atoms with van der Waals surface area (Å²) < 4.78 is 0. The van der Waals surface area contributed by atoms with Gasteiger partial charge in [-0.2, -0.15) is 0 Å². The largest absolute Gasteiger partial charge is 0.312 e. The number of nitrogens with zero attached hydrogens (tertiary/aromatic N) is 1. The Hall–Kier alpha value is -0.860. The molecule has 1 saturated carbocycles. The molecule has 1 unspecified atom stereocenters. The number of benzene rings is 1. The second kappa shape index (κ2) is 7.24. The van der Waals surface area contributed by atoms with Gasteiger partial charge in [-0.15, -0.1) is 0 Å². The Kier molecular flexibility index (Phi) is 5.10. The molecule has 0 spiro atoms. The van der Waals surface area contributed by atoms with Crippen molar-refractivity contribution in [1.82, 2.24) is 10.2 Å². The van der Waals surface area contributed by atoms with Gasteiger partial charge in [-0.3, -0.25) is 4.90 Å². The van der Waals surface area contributed by atoms with Crippen LogP contribution in [0.5, 0.6) is 0 Å². The van der Waals surface area contributed by atoms with Crippen molar-refractivity contribution in [3.8, 4) is 0 Å². The van der Waals surface area contributed by atoms with Crippen molar-refractivity contribution in [2.75, 3.05) is 19.6 Å². The van der Waals surface area contributed by atoms with Gasteiger partial charge in [0, 0.05) is 19.1 Å². The SMILES string of the molecule is c1ccc(CN2CCCCC(NCC3CCC3)C2)cc1. The van der Waals surface area contributed by atoms with E-state index in [-0.39, 0.29) is 0 Å². The van der Waals surface area contributed by atoms with Crippen LogP contribution >= 0.6 is 0 Å². The van der Waals surface area contributed by atoms with E-state index >= 15 is 0 Å².